The predicted molar refractivity (Wildman–Crippen MR) is 118 cm³/mol. The number of methoxy groups -OCH3 is 1. The molecular weight excluding hydrogens is 496 g/mol. The molecule has 0 fully saturated rings. The summed E-state index contributed by atoms with van der Waals surface area (Å²) in [6, 6.07) is 5.59. The molecule has 0 aliphatic rings. The summed E-state index contributed by atoms with van der Waals surface area (Å²) < 4.78 is 90.9. The van der Waals surface area contributed by atoms with Gasteiger partial charge >= 0.3 is 6.18 Å². The third kappa shape index (κ3) is 7.00. The summed E-state index contributed by atoms with van der Waals surface area (Å²) in [6.45, 7) is 0.268. The smallest absolute Gasteiger partial charge is 0.384 e. The van der Waals surface area contributed by atoms with Crippen LogP contribution in [0.15, 0.2) is 47.0 Å². The highest BCUT2D eigenvalue weighted by Gasteiger charge is 2.31. The van der Waals surface area contributed by atoms with Crippen LogP contribution in [-0.2, 0) is 27.4 Å². The van der Waals surface area contributed by atoms with Crippen LogP contribution in [0.1, 0.15) is 11.1 Å². The van der Waals surface area contributed by atoms with E-state index in [1.807, 2.05) is 0 Å². The molecule has 3 rings (SSSR count). The molecular formula is C22H17F6N5OS. The fourth-order valence-electron chi connectivity index (χ4n) is 3.02. The first-order chi connectivity index (χ1) is 16.6. The maximum Gasteiger partial charge on any atom is 0.416 e. The molecule has 0 aliphatic carbocycles. The maximum atomic E-state index is 14.3. The highest BCUT2D eigenvalue weighted by atomic mass is 32.2. The van der Waals surface area contributed by atoms with Crippen molar-refractivity contribution in [1.29, 1.82) is 5.26 Å². The van der Waals surface area contributed by atoms with Crippen LogP contribution in [0, 0.1) is 28.9 Å². The molecule has 0 bridgehead atoms. The number of nitrogens with one attached hydrogen (secondary N) is 1. The monoisotopic (exact) mass is 513 g/mol. The zero-order valence-electron chi connectivity index (χ0n) is 18.0. The minimum atomic E-state index is -4.68. The second-order valence-corrected chi connectivity index (χ2v) is 8.85. The van der Waals surface area contributed by atoms with Gasteiger partial charge in [0, 0.05) is 35.9 Å². The predicted octanol–water partition coefficient (Wildman–Crippen LogP) is 5.75. The summed E-state index contributed by atoms with van der Waals surface area (Å²) in [6.07, 6.45) is -2.30. The third-order valence-corrected chi connectivity index (χ3v) is 6.18. The molecule has 1 atom stereocenters. The van der Waals surface area contributed by atoms with Gasteiger partial charge in [-0.1, -0.05) is 10.7 Å². The van der Waals surface area contributed by atoms with Crippen molar-refractivity contribution in [3.05, 3.63) is 71.2 Å². The van der Waals surface area contributed by atoms with Crippen LogP contribution < -0.4 is 5.32 Å². The minimum Gasteiger partial charge on any atom is -0.384 e. The summed E-state index contributed by atoms with van der Waals surface area (Å²) in [5.41, 5.74) is -1.66. The molecule has 1 unspecified atom stereocenters. The lowest BCUT2D eigenvalue weighted by molar-refractivity contribution is -0.137. The molecule has 0 amide bonds. The molecule has 0 saturated heterocycles. The Hall–Kier alpha value is -3.50. The Bertz CT molecular complexity index is 1290. The number of anilines is 2. The van der Waals surface area contributed by atoms with Crippen LogP contribution in [0.3, 0.4) is 0 Å². The number of alkyl halides is 3. The number of nitrogens with zero attached hydrogens (tertiary/aromatic N) is 4. The number of halogens is 6. The van der Waals surface area contributed by atoms with Crippen molar-refractivity contribution in [2.24, 2.45) is 4.36 Å². The number of ether oxygens (including phenoxy) is 1. The van der Waals surface area contributed by atoms with Gasteiger partial charge in [0.1, 0.15) is 17.3 Å². The molecule has 0 radical (unpaired) electrons. The molecule has 0 saturated carbocycles. The zero-order chi connectivity index (χ0) is 25.6. The average Bonchev–Trinajstić information content (AvgIpc) is 2.78. The van der Waals surface area contributed by atoms with E-state index in [4.69, 9.17) is 10.00 Å². The van der Waals surface area contributed by atoms with Gasteiger partial charge in [0.2, 0.25) is 12.1 Å². The number of aromatic nitrogens is 2. The van der Waals surface area contributed by atoms with E-state index in [1.54, 1.807) is 6.19 Å². The molecule has 1 aromatic heterocycles. The second kappa shape index (κ2) is 11.3. The lowest BCUT2D eigenvalue weighted by atomic mass is 10.1. The van der Waals surface area contributed by atoms with Gasteiger partial charge in [-0.05, 0) is 35.9 Å². The average molecular weight is 513 g/mol. The van der Waals surface area contributed by atoms with E-state index >= 15 is 0 Å². The van der Waals surface area contributed by atoms with Crippen LogP contribution in [0.25, 0.3) is 11.3 Å². The van der Waals surface area contributed by atoms with Gasteiger partial charge in [-0.25, -0.2) is 23.1 Å². The Morgan fingerprint density at radius 1 is 1.11 bits per heavy atom. The van der Waals surface area contributed by atoms with Crippen molar-refractivity contribution < 1.29 is 31.1 Å². The van der Waals surface area contributed by atoms with Gasteiger partial charge in [0.05, 0.1) is 18.4 Å². The fraction of sp³-hybridized carbons (Fsp3) is 0.227. The van der Waals surface area contributed by atoms with E-state index in [0.29, 0.717) is 11.8 Å². The Kier molecular flexibility index (Phi) is 8.42. The van der Waals surface area contributed by atoms with Gasteiger partial charge in [0.15, 0.2) is 5.82 Å². The van der Waals surface area contributed by atoms with Crippen LogP contribution in [-0.4, -0.2) is 29.4 Å². The van der Waals surface area contributed by atoms with E-state index in [2.05, 4.69) is 19.6 Å². The number of hydrogen-bond donors (Lipinski definition) is 1. The van der Waals surface area contributed by atoms with Gasteiger partial charge in [-0.2, -0.15) is 22.8 Å². The summed E-state index contributed by atoms with van der Waals surface area (Å²) in [7, 11) is 0.543. The Morgan fingerprint density at radius 3 is 2.54 bits per heavy atom. The molecule has 0 aliphatic heterocycles. The topological polar surface area (TPSA) is 83.2 Å². The fourth-order valence-corrected chi connectivity index (χ4v) is 4.34. The van der Waals surface area contributed by atoms with Crippen molar-refractivity contribution in [3.63, 3.8) is 0 Å². The first-order valence-electron chi connectivity index (χ1n) is 9.83. The summed E-state index contributed by atoms with van der Waals surface area (Å²) in [4.78, 5) is 7.57. The van der Waals surface area contributed by atoms with Gasteiger partial charge < -0.3 is 10.1 Å². The van der Waals surface area contributed by atoms with Crippen molar-refractivity contribution in [1.82, 2.24) is 9.97 Å². The molecule has 1 heterocycles. The first-order valence-corrected chi connectivity index (χ1v) is 11.3. The number of hydrogen-bond acceptors (Lipinski definition) is 6. The molecule has 1 N–H and O–H groups in total. The lowest BCUT2D eigenvalue weighted by Crippen LogP contribution is -2.10. The molecule has 3 aromatic rings. The molecule has 0 spiro atoms. The highest BCUT2D eigenvalue weighted by molar-refractivity contribution is 7.86. The number of rotatable bonds is 8. The van der Waals surface area contributed by atoms with E-state index in [1.165, 1.54) is 13.2 Å². The van der Waals surface area contributed by atoms with Crippen molar-refractivity contribution in [2.75, 3.05) is 24.8 Å². The summed E-state index contributed by atoms with van der Waals surface area (Å²) in [5, 5.41) is 11.5. The van der Waals surface area contributed by atoms with Gasteiger partial charge in [0.25, 0.3) is 0 Å². The van der Waals surface area contributed by atoms with Crippen LogP contribution in [0.5, 0.6) is 0 Å². The van der Waals surface area contributed by atoms with Crippen molar-refractivity contribution in [2.45, 2.75) is 11.9 Å². The number of nitriles is 1. The normalized spacial score (nSPS) is 12.4. The van der Waals surface area contributed by atoms with Crippen molar-refractivity contribution in [3.8, 4) is 17.5 Å². The largest absolute Gasteiger partial charge is 0.416 e. The van der Waals surface area contributed by atoms with Crippen molar-refractivity contribution >= 4 is 22.3 Å². The Labute approximate surface area is 198 Å². The first kappa shape index (κ1) is 26.1. The maximum absolute atomic E-state index is 14.3. The Morgan fingerprint density at radius 2 is 1.89 bits per heavy atom. The minimum absolute atomic E-state index is 0.0475. The number of benzene rings is 2. The SMILES string of the molecule is COCCS(Cc1cc(Nc2ncc(F)c(-c3ccc(F)cc3F)n2)cc(C(F)(F)F)c1)=NC#N. The van der Waals surface area contributed by atoms with E-state index in [9.17, 15) is 26.3 Å². The quantitative estimate of drug-likeness (QED) is 0.306. The lowest BCUT2D eigenvalue weighted by Gasteiger charge is -2.14. The standard InChI is InChI=1S/C22H17F6N5OS/c1-34-4-5-35(31-12-29)11-13-6-14(22(26,27)28)8-16(7-13)32-21-30-10-19(25)20(33-21)17-3-2-15(23)9-18(17)24/h2-3,6-10H,4-5,11H2,1H3,(H,30,32,33). The molecule has 13 heteroatoms. The van der Waals surface area contributed by atoms with E-state index < -0.39 is 45.6 Å². The van der Waals surface area contributed by atoms with Crippen LogP contribution in [0.2, 0.25) is 0 Å². The summed E-state index contributed by atoms with van der Waals surface area (Å²) in [5.74, 6) is -2.87. The van der Waals surface area contributed by atoms with E-state index in [0.717, 1.165) is 30.5 Å². The van der Waals surface area contributed by atoms with Gasteiger partial charge in [-0.15, -0.1) is 0 Å². The molecule has 184 valence electrons. The van der Waals surface area contributed by atoms with Gasteiger partial charge in [-0.3, -0.25) is 0 Å². The molecule has 2 aromatic carbocycles. The van der Waals surface area contributed by atoms with Crippen LogP contribution >= 0.6 is 0 Å². The van der Waals surface area contributed by atoms with E-state index in [-0.39, 0.29) is 35.1 Å². The highest BCUT2D eigenvalue weighted by Crippen LogP contribution is 2.33. The molecule has 35 heavy (non-hydrogen) atoms. The van der Waals surface area contributed by atoms with Crippen LogP contribution in [0.4, 0.5) is 38.0 Å². The second-order valence-electron chi connectivity index (χ2n) is 7.05. The Balaban J connectivity index is 1.98. The third-order valence-electron chi connectivity index (χ3n) is 4.53. The molecule has 6 nitrogen and oxygen atoms in total. The zero-order valence-corrected chi connectivity index (χ0v) is 18.9. The summed E-state index contributed by atoms with van der Waals surface area (Å²) >= 11 is 0.